The van der Waals surface area contributed by atoms with Gasteiger partial charge in [0.25, 0.3) is 0 Å². The summed E-state index contributed by atoms with van der Waals surface area (Å²) in [6, 6.07) is 5.38. The average Bonchev–Trinajstić information content (AvgIpc) is 2.81. The van der Waals surface area contributed by atoms with Gasteiger partial charge in [-0.25, -0.2) is 4.90 Å². The smallest absolute Gasteiger partial charge is 0.247 e. The Morgan fingerprint density at radius 1 is 1.23 bits per heavy atom. The number of hydrogen-bond donors (Lipinski definition) is 0. The van der Waals surface area contributed by atoms with Crippen LogP contribution in [0.15, 0.2) is 27.1 Å². The molecule has 0 saturated carbocycles. The molecule has 2 aliphatic heterocycles. The van der Waals surface area contributed by atoms with Crippen molar-refractivity contribution in [1.29, 1.82) is 0 Å². The minimum Gasteiger partial charge on any atom is -0.372 e. The van der Waals surface area contributed by atoms with E-state index in [9.17, 15) is 9.59 Å². The molecule has 26 heavy (non-hydrogen) atoms. The van der Waals surface area contributed by atoms with E-state index in [-0.39, 0.29) is 30.4 Å². The van der Waals surface area contributed by atoms with E-state index in [1.165, 1.54) is 16.7 Å². The molecule has 2 fully saturated rings. The molecule has 0 aromatic heterocycles. The first-order valence-electron chi connectivity index (χ1n) is 8.19. The molecule has 2 heterocycles. The summed E-state index contributed by atoms with van der Waals surface area (Å²) in [6.45, 7) is 5.42. The number of morpholine rings is 1. The number of rotatable bonds is 2. The molecular weight excluding hydrogens is 504 g/mol. The number of nitrogens with zero attached hydrogens (tertiary/aromatic N) is 2. The molecule has 5 nitrogen and oxygen atoms in total. The van der Waals surface area contributed by atoms with E-state index in [4.69, 9.17) is 17.0 Å². The number of thioether (sulfide) groups is 1. The fourth-order valence-electron chi connectivity index (χ4n) is 3.14. The number of thiocarbonyl (C=S) groups is 1. The number of halogens is 2. The highest BCUT2D eigenvalue weighted by atomic mass is 79.9. The summed E-state index contributed by atoms with van der Waals surface area (Å²) in [5, 5.41) is -0.487. The number of carbonyl (C=O) groups is 2. The number of amides is 2. The maximum absolute atomic E-state index is 12.8. The average molecular weight is 522 g/mol. The van der Waals surface area contributed by atoms with Crippen LogP contribution in [0, 0.1) is 0 Å². The van der Waals surface area contributed by atoms with Crippen molar-refractivity contribution in [2.45, 2.75) is 37.7 Å². The van der Waals surface area contributed by atoms with E-state index < -0.39 is 5.25 Å². The summed E-state index contributed by atoms with van der Waals surface area (Å²) in [5.74, 6) is -0.429. The molecule has 2 aliphatic rings. The fraction of sp³-hybridized carbons (Fsp3) is 0.471. The Labute approximate surface area is 179 Å². The molecule has 0 radical (unpaired) electrons. The van der Waals surface area contributed by atoms with Crippen molar-refractivity contribution < 1.29 is 14.3 Å². The predicted molar refractivity (Wildman–Crippen MR) is 115 cm³/mol. The lowest BCUT2D eigenvalue weighted by atomic mass is 10.2. The molecule has 2 saturated heterocycles. The van der Waals surface area contributed by atoms with Crippen LogP contribution in [0.25, 0.3) is 0 Å². The maximum Gasteiger partial charge on any atom is 0.247 e. The Hall–Kier alpha value is -0.480. The SMILES string of the molecule is C[C@@H]1CN(C(=S)S[C@H]2CC(=O)N(c3ccc(Br)cc3Br)C2=O)C[C@@H](C)O1. The van der Waals surface area contributed by atoms with E-state index in [0.717, 1.165) is 4.47 Å². The van der Waals surface area contributed by atoms with Gasteiger partial charge in [-0.1, -0.05) is 39.9 Å². The minimum atomic E-state index is -0.487. The highest BCUT2D eigenvalue weighted by Gasteiger charge is 2.42. The zero-order chi connectivity index (χ0) is 19.0. The Morgan fingerprint density at radius 2 is 1.88 bits per heavy atom. The zero-order valence-electron chi connectivity index (χ0n) is 14.3. The molecule has 9 heteroatoms. The van der Waals surface area contributed by atoms with Crippen LogP contribution in [-0.4, -0.2) is 51.6 Å². The molecule has 0 N–H and O–H groups in total. The van der Waals surface area contributed by atoms with Crippen molar-refractivity contribution in [3.8, 4) is 0 Å². The van der Waals surface area contributed by atoms with Crippen LogP contribution < -0.4 is 4.90 Å². The highest BCUT2D eigenvalue weighted by Crippen LogP contribution is 2.36. The first-order valence-corrected chi connectivity index (χ1v) is 11.1. The summed E-state index contributed by atoms with van der Waals surface area (Å²) in [6.07, 6.45) is 0.337. The number of carbonyl (C=O) groups excluding carboxylic acids is 2. The van der Waals surface area contributed by atoms with Crippen molar-refractivity contribution in [1.82, 2.24) is 4.90 Å². The Kier molecular flexibility index (Phi) is 6.44. The van der Waals surface area contributed by atoms with E-state index in [1.54, 1.807) is 6.07 Å². The Morgan fingerprint density at radius 3 is 2.50 bits per heavy atom. The third-order valence-electron chi connectivity index (χ3n) is 4.18. The number of anilines is 1. The van der Waals surface area contributed by atoms with Crippen LogP contribution in [0.4, 0.5) is 5.69 Å². The van der Waals surface area contributed by atoms with Crippen molar-refractivity contribution in [3.63, 3.8) is 0 Å². The Balaban J connectivity index is 1.71. The van der Waals surface area contributed by atoms with Gasteiger partial charge in [-0.15, -0.1) is 0 Å². The molecule has 1 aromatic rings. The molecule has 2 amide bonds. The second-order valence-corrected chi connectivity index (χ2v) is 10.0. The Bertz CT molecular complexity index is 752. The van der Waals surface area contributed by atoms with Crippen LogP contribution in [0.5, 0.6) is 0 Å². The number of hydrogen-bond acceptors (Lipinski definition) is 5. The van der Waals surface area contributed by atoms with Crippen LogP contribution in [0.3, 0.4) is 0 Å². The van der Waals surface area contributed by atoms with Crippen molar-refractivity contribution >= 4 is 77.7 Å². The van der Waals surface area contributed by atoms with Gasteiger partial charge in [-0.2, -0.15) is 0 Å². The highest BCUT2D eigenvalue weighted by molar-refractivity contribution is 9.11. The van der Waals surface area contributed by atoms with Crippen LogP contribution in [-0.2, 0) is 14.3 Å². The first kappa shape index (κ1) is 20.3. The largest absolute Gasteiger partial charge is 0.372 e. The van der Waals surface area contributed by atoms with Gasteiger partial charge in [0, 0.05) is 28.5 Å². The van der Waals surface area contributed by atoms with Crippen LogP contribution >= 0.6 is 55.8 Å². The van der Waals surface area contributed by atoms with Gasteiger partial charge in [0.05, 0.1) is 17.9 Å². The molecule has 0 aliphatic carbocycles. The molecule has 3 rings (SSSR count). The second kappa shape index (κ2) is 8.26. The van der Waals surface area contributed by atoms with E-state index in [0.29, 0.717) is 27.6 Å². The third-order valence-corrected chi connectivity index (χ3v) is 6.96. The van der Waals surface area contributed by atoms with Gasteiger partial charge >= 0.3 is 0 Å². The third kappa shape index (κ3) is 4.32. The number of benzene rings is 1. The van der Waals surface area contributed by atoms with E-state index >= 15 is 0 Å². The lowest BCUT2D eigenvalue weighted by Crippen LogP contribution is -2.47. The number of ether oxygens (including phenoxy) is 1. The molecule has 0 unspecified atom stereocenters. The molecular formula is C17H18Br2N2O3S2. The standard InChI is InChI=1S/C17H18Br2N2O3S2/c1-9-7-20(8-10(2)24-9)17(25)26-14-6-15(22)21(16(14)23)13-4-3-11(18)5-12(13)19/h3-5,9-10,14H,6-8H2,1-2H3/t9-,10-,14+/m1/s1. The zero-order valence-corrected chi connectivity index (χ0v) is 19.1. The van der Waals surface area contributed by atoms with Gasteiger partial charge < -0.3 is 9.64 Å². The quantitative estimate of drug-likeness (QED) is 0.433. The van der Waals surface area contributed by atoms with E-state index in [2.05, 4.69) is 36.8 Å². The van der Waals surface area contributed by atoms with Gasteiger partial charge in [-0.05, 0) is 48.0 Å². The summed E-state index contributed by atoms with van der Waals surface area (Å²) in [4.78, 5) is 28.6. The lowest BCUT2D eigenvalue weighted by molar-refractivity contribution is -0.121. The summed E-state index contributed by atoms with van der Waals surface area (Å²) >= 11 is 13.7. The normalized spacial score (nSPS) is 26.5. The topological polar surface area (TPSA) is 49.9 Å². The minimum absolute atomic E-state index is 0.0911. The second-order valence-electron chi connectivity index (χ2n) is 6.40. The molecule has 1 aromatic carbocycles. The number of imide groups is 1. The summed E-state index contributed by atoms with van der Waals surface area (Å²) in [7, 11) is 0. The molecule has 140 valence electrons. The molecule has 0 bridgehead atoms. The van der Waals surface area contributed by atoms with Gasteiger partial charge in [-0.3, -0.25) is 9.59 Å². The van der Waals surface area contributed by atoms with Crippen molar-refractivity contribution in [2.24, 2.45) is 0 Å². The van der Waals surface area contributed by atoms with E-state index in [1.807, 2.05) is 26.0 Å². The van der Waals surface area contributed by atoms with Gasteiger partial charge in [0.1, 0.15) is 9.57 Å². The summed E-state index contributed by atoms with van der Waals surface area (Å²) in [5.41, 5.74) is 0.561. The van der Waals surface area contributed by atoms with Crippen molar-refractivity contribution in [2.75, 3.05) is 18.0 Å². The lowest BCUT2D eigenvalue weighted by Gasteiger charge is -2.36. The van der Waals surface area contributed by atoms with Gasteiger partial charge in [0.2, 0.25) is 11.8 Å². The molecule has 0 spiro atoms. The van der Waals surface area contributed by atoms with Gasteiger partial charge in [0.15, 0.2) is 0 Å². The maximum atomic E-state index is 12.8. The fourth-order valence-corrected chi connectivity index (χ4v) is 5.83. The van der Waals surface area contributed by atoms with Crippen LogP contribution in [0.2, 0.25) is 0 Å². The van der Waals surface area contributed by atoms with Crippen molar-refractivity contribution in [3.05, 3.63) is 27.1 Å². The monoisotopic (exact) mass is 520 g/mol. The molecule has 3 atom stereocenters. The summed E-state index contributed by atoms with van der Waals surface area (Å²) < 4.78 is 7.93. The predicted octanol–water partition coefficient (Wildman–Crippen LogP) is 3.97. The first-order chi connectivity index (χ1) is 12.3. The van der Waals surface area contributed by atoms with Crippen LogP contribution in [0.1, 0.15) is 20.3 Å².